The van der Waals surface area contributed by atoms with E-state index < -0.39 is 21.0 Å². The van der Waals surface area contributed by atoms with Crippen molar-refractivity contribution in [2.45, 2.75) is 30.7 Å². The van der Waals surface area contributed by atoms with Gasteiger partial charge in [-0.05, 0) is 48.9 Å². The fourth-order valence-corrected chi connectivity index (χ4v) is 5.06. The third kappa shape index (κ3) is 3.57. The highest BCUT2D eigenvalue weighted by Gasteiger charge is 2.27. The summed E-state index contributed by atoms with van der Waals surface area (Å²) >= 11 is 0.525. The number of benzene rings is 1. The third-order valence-corrected chi connectivity index (χ3v) is 6.69. The van der Waals surface area contributed by atoms with Crippen LogP contribution in [0.5, 0.6) is 0 Å². The van der Waals surface area contributed by atoms with E-state index in [1.165, 1.54) is 18.3 Å². The summed E-state index contributed by atoms with van der Waals surface area (Å²) in [4.78, 5) is 7.84. The summed E-state index contributed by atoms with van der Waals surface area (Å²) in [5, 5.41) is -1.10. The van der Waals surface area contributed by atoms with Gasteiger partial charge in [0.25, 0.3) is 10.0 Å². The molecule has 1 aliphatic carbocycles. The summed E-state index contributed by atoms with van der Waals surface area (Å²) < 4.78 is 55.9. The Morgan fingerprint density at radius 1 is 1.25 bits per heavy atom. The summed E-state index contributed by atoms with van der Waals surface area (Å²) in [6, 6.07) is 5.93. The molecule has 4 rings (SSSR count). The van der Waals surface area contributed by atoms with Crippen molar-refractivity contribution in [3.05, 3.63) is 52.5 Å². The van der Waals surface area contributed by atoms with E-state index in [2.05, 4.69) is 14.7 Å². The van der Waals surface area contributed by atoms with Crippen LogP contribution in [-0.2, 0) is 10.0 Å². The Morgan fingerprint density at radius 3 is 2.64 bits per heavy atom. The number of nitrogen functional groups attached to an aromatic ring is 1. The van der Waals surface area contributed by atoms with Gasteiger partial charge < -0.3 is 5.73 Å². The molecule has 0 unspecified atom stereocenters. The number of halogens is 2. The molecule has 1 aliphatic rings. The molecular weight excluding hydrogens is 406 g/mol. The van der Waals surface area contributed by atoms with E-state index >= 15 is 0 Å². The van der Waals surface area contributed by atoms with E-state index in [9.17, 15) is 17.2 Å². The van der Waals surface area contributed by atoms with Crippen molar-refractivity contribution in [3.8, 4) is 11.3 Å². The van der Waals surface area contributed by atoms with Crippen LogP contribution in [0.4, 0.5) is 19.6 Å². The topological polar surface area (TPSA) is 98.0 Å². The smallest absolute Gasteiger partial charge is 0.281 e. The van der Waals surface area contributed by atoms with Crippen molar-refractivity contribution in [2.75, 3.05) is 10.5 Å². The quantitative estimate of drug-likeness (QED) is 0.646. The molecule has 0 saturated heterocycles. The maximum absolute atomic E-state index is 14.4. The van der Waals surface area contributed by atoms with Crippen LogP contribution >= 0.6 is 11.3 Å². The van der Waals surface area contributed by atoms with Crippen LogP contribution in [0.2, 0.25) is 0 Å². The fourth-order valence-electron chi connectivity index (χ4n) is 2.95. The second-order valence-corrected chi connectivity index (χ2v) is 9.20. The highest BCUT2D eigenvalue weighted by Crippen LogP contribution is 2.42. The molecule has 10 heteroatoms. The first-order valence-electron chi connectivity index (χ1n) is 8.45. The Bertz CT molecular complexity index is 1170. The van der Waals surface area contributed by atoms with Crippen LogP contribution in [0.1, 0.15) is 29.9 Å². The summed E-state index contributed by atoms with van der Waals surface area (Å²) in [6.07, 6.45) is 3.12. The Kier molecular flexibility index (Phi) is 4.54. The van der Waals surface area contributed by atoms with Crippen LogP contribution in [-0.4, -0.2) is 18.4 Å². The van der Waals surface area contributed by atoms with E-state index in [1.54, 1.807) is 19.1 Å². The highest BCUT2D eigenvalue weighted by atomic mass is 32.2. The van der Waals surface area contributed by atoms with Gasteiger partial charge >= 0.3 is 0 Å². The standard InChI is InChI=1S/C18H16F2N4O2S2/c1-9-6-12(21)8-22-17(9)28(25,26)24-18-23-15(16(20)27-18)11-4-5-13(10-2-3-10)14(19)7-11/h4-8,10H,2-3,21H2,1H3,(H,23,24). The number of hydrogen-bond acceptors (Lipinski definition) is 6. The molecular formula is C18H16F2N4O2S2. The van der Waals surface area contributed by atoms with E-state index in [0.29, 0.717) is 28.2 Å². The predicted molar refractivity (Wildman–Crippen MR) is 104 cm³/mol. The minimum atomic E-state index is -4.07. The monoisotopic (exact) mass is 422 g/mol. The minimum Gasteiger partial charge on any atom is -0.397 e. The number of sulfonamides is 1. The first kappa shape index (κ1) is 18.8. The van der Waals surface area contributed by atoms with Gasteiger partial charge in [0.1, 0.15) is 11.5 Å². The number of hydrogen-bond donors (Lipinski definition) is 2. The lowest BCUT2D eigenvalue weighted by molar-refractivity contribution is 0.596. The lowest BCUT2D eigenvalue weighted by atomic mass is 10.1. The van der Waals surface area contributed by atoms with Gasteiger partial charge in [-0.1, -0.05) is 23.5 Å². The zero-order valence-corrected chi connectivity index (χ0v) is 16.4. The average Bonchev–Trinajstić information content (AvgIpc) is 3.37. The van der Waals surface area contributed by atoms with Gasteiger partial charge in [0.15, 0.2) is 10.2 Å². The van der Waals surface area contributed by atoms with Crippen LogP contribution < -0.4 is 10.5 Å². The summed E-state index contributed by atoms with van der Waals surface area (Å²) in [7, 11) is -4.07. The maximum atomic E-state index is 14.4. The second kappa shape index (κ2) is 6.78. The number of nitrogens with two attached hydrogens (primary N) is 1. The van der Waals surface area contributed by atoms with Crippen molar-refractivity contribution >= 4 is 32.2 Å². The minimum absolute atomic E-state index is 0.106. The number of nitrogens with zero attached hydrogens (tertiary/aromatic N) is 2. The normalized spacial score (nSPS) is 14.2. The Labute approximate surface area is 164 Å². The molecule has 28 heavy (non-hydrogen) atoms. The zero-order chi connectivity index (χ0) is 20.1. The summed E-state index contributed by atoms with van der Waals surface area (Å²) in [6.45, 7) is 1.55. The van der Waals surface area contributed by atoms with Crippen LogP contribution in [0.15, 0.2) is 35.5 Å². The molecule has 6 nitrogen and oxygen atoms in total. The number of aromatic nitrogens is 2. The Balaban J connectivity index is 1.63. The van der Waals surface area contributed by atoms with E-state index in [0.717, 1.165) is 12.8 Å². The van der Waals surface area contributed by atoms with E-state index in [1.807, 2.05) is 0 Å². The molecule has 3 aromatic rings. The van der Waals surface area contributed by atoms with Gasteiger partial charge in [0, 0.05) is 5.56 Å². The third-order valence-electron chi connectivity index (χ3n) is 4.40. The zero-order valence-electron chi connectivity index (χ0n) is 14.7. The molecule has 1 fully saturated rings. The maximum Gasteiger partial charge on any atom is 0.281 e. The average molecular weight is 422 g/mol. The van der Waals surface area contributed by atoms with Crippen LogP contribution in [0.25, 0.3) is 11.3 Å². The SMILES string of the molecule is Cc1cc(N)cnc1S(=O)(=O)Nc1nc(-c2ccc(C3CC3)c(F)c2)c(F)s1. The largest absolute Gasteiger partial charge is 0.397 e. The molecule has 2 heterocycles. The lowest BCUT2D eigenvalue weighted by Crippen LogP contribution is -2.16. The van der Waals surface area contributed by atoms with Gasteiger partial charge in [0.2, 0.25) is 5.13 Å². The first-order chi connectivity index (χ1) is 13.2. The first-order valence-corrected chi connectivity index (χ1v) is 10.8. The van der Waals surface area contributed by atoms with Crippen LogP contribution in [0, 0.1) is 17.9 Å². The molecule has 1 aromatic carbocycles. The summed E-state index contributed by atoms with van der Waals surface area (Å²) in [5.41, 5.74) is 7.03. The predicted octanol–water partition coefficient (Wildman–Crippen LogP) is 4.05. The molecule has 0 amide bonds. The Morgan fingerprint density at radius 2 is 2.00 bits per heavy atom. The van der Waals surface area contributed by atoms with E-state index in [4.69, 9.17) is 5.73 Å². The van der Waals surface area contributed by atoms with Gasteiger partial charge in [-0.15, -0.1) is 0 Å². The molecule has 0 aliphatic heterocycles. The van der Waals surface area contributed by atoms with Crippen LogP contribution in [0.3, 0.4) is 0 Å². The molecule has 2 aromatic heterocycles. The Hall–Kier alpha value is -2.59. The molecule has 0 bridgehead atoms. The number of nitrogens with one attached hydrogen (secondary N) is 1. The number of aryl methyl sites for hydroxylation is 1. The number of rotatable bonds is 5. The van der Waals surface area contributed by atoms with Gasteiger partial charge in [-0.3, -0.25) is 4.72 Å². The number of pyridine rings is 1. The van der Waals surface area contributed by atoms with Crippen molar-refractivity contribution in [1.29, 1.82) is 0 Å². The second-order valence-electron chi connectivity index (χ2n) is 6.65. The molecule has 1 saturated carbocycles. The molecule has 146 valence electrons. The van der Waals surface area contributed by atoms with Crippen molar-refractivity contribution in [1.82, 2.24) is 9.97 Å². The van der Waals surface area contributed by atoms with Gasteiger partial charge in [-0.2, -0.15) is 12.8 Å². The lowest BCUT2D eigenvalue weighted by Gasteiger charge is -2.07. The number of anilines is 2. The van der Waals surface area contributed by atoms with Gasteiger partial charge in [-0.25, -0.2) is 14.4 Å². The molecule has 3 N–H and O–H groups in total. The summed E-state index contributed by atoms with van der Waals surface area (Å²) in [5.74, 6) is -0.177. The van der Waals surface area contributed by atoms with Crippen molar-refractivity contribution < 1.29 is 17.2 Å². The number of thiazole rings is 1. The highest BCUT2D eigenvalue weighted by molar-refractivity contribution is 7.92. The molecule has 0 radical (unpaired) electrons. The fraction of sp³-hybridized carbons (Fsp3) is 0.222. The van der Waals surface area contributed by atoms with Crippen molar-refractivity contribution in [3.63, 3.8) is 0 Å². The molecule has 0 atom stereocenters. The molecule has 0 spiro atoms. The van der Waals surface area contributed by atoms with Gasteiger partial charge in [0.05, 0.1) is 11.9 Å². The van der Waals surface area contributed by atoms with Crippen molar-refractivity contribution in [2.24, 2.45) is 0 Å². The van der Waals surface area contributed by atoms with E-state index in [-0.39, 0.29) is 27.3 Å².